The maximum absolute atomic E-state index is 13.1. The Morgan fingerprint density at radius 3 is 2.47 bits per heavy atom. The number of carbonyl (C=O) groups excluding carboxylic acids is 1. The highest BCUT2D eigenvalue weighted by Gasteiger charge is 2.38. The Kier molecular flexibility index (Phi) is 6.90. The van der Waals surface area contributed by atoms with Gasteiger partial charge in [0.15, 0.2) is 5.65 Å². The zero-order chi connectivity index (χ0) is 24.3. The van der Waals surface area contributed by atoms with Gasteiger partial charge in [-0.15, -0.1) is 15.3 Å². The molecule has 1 N–H and O–H groups in total. The quantitative estimate of drug-likeness (QED) is 0.560. The fourth-order valence-corrected chi connectivity index (χ4v) is 3.80. The molecule has 1 aromatic carbocycles. The molecule has 0 aliphatic carbocycles. The van der Waals surface area contributed by atoms with Gasteiger partial charge < -0.3 is 15.0 Å². The highest BCUT2D eigenvalue weighted by Crippen LogP contribution is 2.28. The van der Waals surface area contributed by atoms with Gasteiger partial charge in [0, 0.05) is 25.6 Å². The van der Waals surface area contributed by atoms with Crippen LogP contribution in [0.3, 0.4) is 0 Å². The fraction of sp³-hybridized carbons (Fsp3) is 0.478. The molecule has 34 heavy (non-hydrogen) atoms. The predicted molar refractivity (Wildman–Crippen MR) is 119 cm³/mol. The fourth-order valence-electron chi connectivity index (χ4n) is 3.80. The molecule has 3 heterocycles. The van der Waals surface area contributed by atoms with Gasteiger partial charge in [0.05, 0.1) is 6.61 Å². The van der Waals surface area contributed by atoms with Crippen LogP contribution in [-0.4, -0.2) is 45.4 Å². The number of rotatable bonds is 7. The number of aromatic nitrogens is 4. The Bertz CT molecular complexity index is 1120. The van der Waals surface area contributed by atoms with Crippen LogP contribution < -0.4 is 15.0 Å². The van der Waals surface area contributed by atoms with Crippen LogP contribution in [0.15, 0.2) is 36.4 Å². The zero-order valence-electron chi connectivity index (χ0n) is 19.0. The lowest BCUT2D eigenvalue weighted by atomic mass is 9.96. The van der Waals surface area contributed by atoms with Gasteiger partial charge in [-0.2, -0.15) is 17.7 Å². The molecule has 182 valence electrons. The standard InChI is InChI=1S/C23H27F3N6O2/c1-15(2)14-34-18-5-3-16(4-6-18)13-27-21(33)17-9-11-31(12-10-17)20-8-7-19-28-29-22(23(24,25)26)32(19)30-20/h3-8,15,17H,9-14H2,1-2H3,(H,27,33). The number of fused-ring (bicyclic) bond motifs is 1. The third-order valence-corrected chi connectivity index (χ3v) is 5.67. The first-order valence-corrected chi connectivity index (χ1v) is 11.2. The summed E-state index contributed by atoms with van der Waals surface area (Å²) in [7, 11) is 0. The molecule has 1 saturated heterocycles. The molecule has 2 aromatic heterocycles. The van der Waals surface area contributed by atoms with Crippen LogP contribution in [0, 0.1) is 11.8 Å². The summed E-state index contributed by atoms with van der Waals surface area (Å²) in [4.78, 5) is 14.5. The third kappa shape index (κ3) is 5.57. The Hall–Kier alpha value is -3.37. The van der Waals surface area contributed by atoms with Crippen molar-refractivity contribution >= 4 is 17.4 Å². The number of nitrogens with zero attached hydrogens (tertiary/aromatic N) is 5. The molecule has 0 atom stereocenters. The van der Waals surface area contributed by atoms with Gasteiger partial charge in [-0.25, -0.2) is 0 Å². The maximum atomic E-state index is 13.1. The number of hydrogen-bond acceptors (Lipinski definition) is 6. The topological polar surface area (TPSA) is 84.6 Å². The SMILES string of the molecule is CC(C)COc1ccc(CNC(=O)C2CCN(c3ccc4nnc(C(F)(F)F)n4n3)CC2)cc1. The van der Waals surface area contributed by atoms with Crippen molar-refractivity contribution in [2.24, 2.45) is 11.8 Å². The molecular weight excluding hydrogens is 449 g/mol. The van der Waals surface area contributed by atoms with Crippen molar-refractivity contribution < 1.29 is 22.7 Å². The molecule has 1 aliphatic heterocycles. The minimum atomic E-state index is -4.64. The average molecular weight is 477 g/mol. The van der Waals surface area contributed by atoms with Gasteiger partial charge in [0.1, 0.15) is 11.6 Å². The molecule has 1 aliphatic rings. The van der Waals surface area contributed by atoms with Gasteiger partial charge in [-0.3, -0.25) is 4.79 Å². The zero-order valence-corrected chi connectivity index (χ0v) is 19.0. The van der Waals surface area contributed by atoms with Crippen LogP contribution in [0.2, 0.25) is 0 Å². The minimum Gasteiger partial charge on any atom is -0.493 e. The second kappa shape index (κ2) is 9.86. The van der Waals surface area contributed by atoms with Crippen molar-refractivity contribution in [1.29, 1.82) is 0 Å². The highest BCUT2D eigenvalue weighted by molar-refractivity contribution is 5.79. The van der Waals surface area contributed by atoms with Crippen LogP contribution in [0.5, 0.6) is 5.75 Å². The molecule has 4 rings (SSSR count). The lowest BCUT2D eigenvalue weighted by Gasteiger charge is -2.32. The molecule has 8 nitrogen and oxygen atoms in total. The van der Waals surface area contributed by atoms with E-state index in [-0.39, 0.29) is 17.5 Å². The number of hydrogen-bond donors (Lipinski definition) is 1. The molecule has 0 bridgehead atoms. The molecular formula is C23H27F3N6O2. The first-order chi connectivity index (χ1) is 16.2. The second-order valence-electron chi connectivity index (χ2n) is 8.81. The van der Waals surface area contributed by atoms with Crippen molar-refractivity contribution in [2.45, 2.75) is 39.4 Å². The van der Waals surface area contributed by atoms with E-state index < -0.39 is 12.0 Å². The van der Waals surface area contributed by atoms with Crippen molar-refractivity contribution in [3.8, 4) is 5.75 Å². The monoisotopic (exact) mass is 476 g/mol. The summed E-state index contributed by atoms with van der Waals surface area (Å²) in [5.41, 5.74) is 1.01. The number of alkyl halides is 3. The molecule has 11 heteroatoms. The largest absolute Gasteiger partial charge is 0.493 e. The van der Waals surface area contributed by atoms with E-state index in [2.05, 4.69) is 34.5 Å². The minimum absolute atomic E-state index is 0.0265. The number of piperidine rings is 1. The first-order valence-electron chi connectivity index (χ1n) is 11.2. The number of benzene rings is 1. The third-order valence-electron chi connectivity index (χ3n) is 5.67. The van der Waals surface area contributed by atoms with E-state index in [1.165, 1.54) is 6.07 Å². The first kappa shape index (κ1) is 23.8. The number of halogens is 3. The number of carbonyl (C=O) groups is 1. The van der Waals surface area contributed by atoms with Gasteiger partial charge in [-0.05, 0) is 48.6 Å². The lowest BCUT2D eigenvalue weighted by Crippen LogP contribution is -2.40. The van der Waals surface area contributed by atoms with Gasteiger partial charge in [0.25, 0.3) is 5.82 Å². The van der Waals surface area contributed by atoms with E-state index in [0.717, 1.165) is 11.3 Å². The van der Waals surface area contributed by atoms with E-state index in [9.17, 15) is 18.0 Å². The van der Waals surface area contributed by atoms with E-state index >= 15 is 0 Å². The summed E-state index contributed by atoms with van der Waals surface area (Å²) >= 11 is 0. The van der Waals surface area contributed by atoms with Crippen molar-refractivity contribution in [3.05, 3.63) is 47.8 Å². The summed E-state index contributed by atoms with van der Waals surface area (Å²) in [6.07, 6.45) is -3.47. The van der Waals surface area contributed by atoms with Crippen LogP contribution in [0.1, 0.15) is 38.1 Å². The van der Waals surface area contributed by atoms with Crippen molar-refractivity contribution in [1.82, 2.24) is 25.1 Å². The number of anilines is 1. The van der Waals surface area contributed by atoms with Crippen LogP contribution in [0.25, 0.3) is 5.65 Å². The molecule has 0 spiro atoms. The predicted octanol–water partition coefficient (Wildman–Crippen LogP) is 3.71. The molecule has 3 aromatic rings. The Morgan fingerprint density at radius 2 is 1.82 bits per heavy atom. The highest BCUT2D eigenvalue weighted by atomic mass is 19.4. The Morgan fingerprint density at radius 1 is 1.12 bits per heavy atom. The van der Waals surface area contributed by atoms with Gasteiger partial charge in [-0.1, -0.05) is 26.0 Å². The van der Waals surface area contributed by atoms with E-state index in [1.807, 2.05) is 29.2 Å². The lowest BCUT2D eigenvalue weighted by molar-refractivity contribution is -0.146. The summed E-state index contributed by atoms with van der Waals surface area (Å²) in [5, 5.41) is 13.8. The second-order valence-corrected chi connectivity index (χ2v) is 8.81. The van der Waals surface area contributed by atoms with Crippen molar-refractivity contribution in [2.75, 3.05) is 24.6 Å². The van der Waals surface area contributed by atoms with Crippen LogP contribution in [-0.2, 0) is 17.5 Å². The molecule has 0 unspecified atom stereocenters. The molecule has 0 saturated carbocycles. The van der Waals surface area contributed by atoms with Gasteiger partial charge in [0.2, 0.25) is 5.91 Å². The summed E-state index contributed by atoms with van der Waals surface area (Å²) in [6, 6.07) is 10.7. The Balaban J connectivity index is 1.29. The Labute approximate surface area is 195 Å². The molecule has 1 fully saturated rings. The average Bonchev–Trinajstić information content (AvgIpc) is 3.26. The number of amides is 1. The number of ether oxygens (including phenoxy) is 1. The molecule has 0 radical (unpaired) electrons. The normalized spacial score (nSPS) is 15.2. The van der Waals surface area contributed by atoms with Gasteiger partial charge >= 0.3 is 6.18 Å². The van der Waals surface area contributed by atoms with E-state index in [4.69, 9.17) is 4.74 Å². The van der Waals surface area contributed by atoms with Crippen LogP contribution in [0.4, 0.5) is 19.0 Å². The van der Waals surface area contributed by atoms with Crippen LogP contribution >= 0.6 is 0 Å². The summed E-state index contributed by atoms with van der Waals surface area (Å²) in [5.74, 6) is 0.311. The summed E-state index contributed by atoms with van der Waals surface area (Å²) < 4.78 is 45.7. The smallest absolute Gasteiger partial charge is 0.453 e. The van der Waals surface area contributed by atoms with E-state index in [0.29, 0.717) is 55.3 Å². The number of nitrogens with one attached hydrogen (secondary N) is 1. The van der Waals surface area contributed by atoms with Crippen molar-refractivity contribution in [3.63, 3.8) is 0 Å². The summed E-state index contributed by atoms with van der Waals surface area (Å²) in [6.45, 7) is 6.29. The van der Waals surface area contributed by atoms with E-state index in [1.54, 1.807) is 6.07 Å². The maximum Gasteiger partial charge on any atom is 0.453 e. The molecule has 1 amide bonds.